The number of benzene rings is 1. The van der Waals surface area contributed by atoms with Crippen molar-refractivity contribution in [1.82, 2.24) is 0 Å². The van der Waals surface area contributed by atoms with Gasteiger partial charge in [-0.3, -0.25) is 0 Å². The van der Waals surface area contributed by atoms with Crippen LogP contribution in [0.5, 0.6) is 0 Å². The molecule has 2 heteroatoms. The van der Waals surface area contributed by atoms with E-state index in [1.807, 2.05) is 11.3 Å². The fourth-order valence-electron chi connectivity index (χ4n) is 1.67. The highest BCUT2D eigenvalue weighted by molar-refractivity contribution is 9.10. The third kappa shape index (κ3) is 1.53. The highest BCUT2D eigenvalue weighted by Gasteiger charge is 2.05. The Labute approximate surface area is 90.7 Å². The van der Waals surface area contributed by atoms with Crippen LogP contribution in [-0.4, -0.2) is 0 Å². The van der Waals surface area contributed by atoms with Crippen LogP contribution < -0.4 is 0 Å². The molecule has 0 aliphatic rings. The van der Waals surface area contributed by atoms with Crippen LogP contribution in [0.3, 0.4) is 0 Å². The van der Waals surface area contributed by atoms with E-state index in [-0.39, 0.29) is 0 Å². The predicted octanol–water partition coefficient (Wildman–Crippen LogP) is 4.53. The molecule has 2 aromatic rings. The maximum atomic E-state index is 3.52. The standard InChI is InChI=1S/C11H11BrS/c1-3-8-6-13-10-5-9(12)4-7(2)11(8)10/h4-6H,3H2,1-2H3. The van der Waals surface area contributed by atoms with Crippen LogP contribution in [0.1, 0.15) is 18.1 Å². The average molecular weight is 255 g/mol. The van der Waals surface area contributed by atoms with E-state index in [0.29, 0.717) is 0 Å². The van der Waals surface area contributed by atoms with Crippen LogP contribution in [0.4, 0.5) is 0 Å². The van der Waals surface area contributed by atoms with E-state index in [4.69, 9.17) is 0 Å². The largest absolute Gasteiger partial charge is 0.143 e. The summed E-state index contributed by atoms with van der Waals surface area (Å²) < 4.78 is 2.57. The van der Waals surface area contributed by atoms with E-state index >= 15 is 0 Å². The number of thiophene rings is 1. The van der Waals surface area contributed by atoms with E-state index < -0.39 is 0 Å². The summed E-state index contributed by atoms with van der Waals surface area (Å²) in [4.78, 5) is 0. The molecule has 1 aromatic heterocycles. The summed E-state index contributed by atoms with van der Waals surface area (Å²) in [6.45, 7) is 4.39. The van der Waals surface area contributed by atoms with Crippen LogP contribution in [0.2, 0.25) is 0 Å². The zero-order valence-corrected chi connectivity index (χ0v) is 10.1. The van der Waals surface area contributed by atoms with Crippen LogP contribution in [0, 0.1) is 6.92 Å². The minimum absolute atomic E-state index is 1.13. The maximum absolute atomic E-state index is 3.52. The summed E-state index contributed by atoms with van der Waals surface area (Å²) >= 11 is 5.36. The lowest BCUT2D eigenvalue weighted by atomic mass is 10.1. The molecule has 13 heavy (non-hydrogen) atoms. The van der Waals surface area contributed by atoms with Gasteiger partial charge in [-0.05, 0) is 47.4 Å². The number of fused-ring (bicyclic) bond motifs is 1. The smallest absolute Gasteiger partial charge is 0.0359 e. The van der Waals surface area contributed by atoms with Gasteiger partial charge in [0.1, 0.15) is 0 Å². The summed E-state index contributed by atoms with van der Waals surface area (Å²) in [6.07, 6.45) is 1.13. The Morgan fingerprint density at radius 2 is 2.15 bits per heavy atom. The van der Waals surface area contributed by atoms with Gasteiger partial charge in [0, 0.05) is 9.17 Å². The Hall–Kier alpha value is -0.340. The van der Waals surface area contributed by atoms with Crippen molar-refractivity contribution in [2.24, 2.45) is 0 Å². The highest BCUT2D eigenvalue weighted by Crippen LogP contribution is 2.31. The van der Waals surface area contributed by atoms with Crippen molar-refractivity contribution in [3.05, 3.63) is 33.1 Å². The van der Waals surface area contributed by atoms with Crippen molar-refractivity contribution >= 4 is 37.4 Å². The molecule has 0 bridgehead atoms. The molecule has 0 amide bonds. The summed E-state index contributed by atoms with van der Waals surface area (Å²) in [7, 11) is 0. The van der Waals surface area contributed by atoms with Gasteiger partial charge >= 0.3 is 0 Å². The Morgan fingerprint density at radius 3 is 2.85 bits per heavy atom. The molecule has 0 aliphatic carbocycles. The second-order valence-corrected chi connectivity index (χ2v) is 5.04. The minimum atomic E-state index is 1.13. The van der Waals surface area contributed by atoms with Gasteiger partial charge < -0.3 is 0 Å². The Balaban J connectivity index is 2.82. The van der Waals surface area contributed by atoms with Gasteiger partial charge in [0.2, 0.25) is 0 Å². The van der Waals surface area contributed by atoms with Crippen molar-refractivity contribution in [3.63, 3.8) is 0 Å². The first kappa shape index (κ1) is 9.22. The molecule has 0 N–H and O–H groups in total. The van der Waals surface area contributed by atoms with Gasteiger partial charge in [-0.2, -0.15) is 0 Å². The van der Waals surface area contributed by atoms with E-state index in [0.717, 1.165) is 6.42 Å². The van der Waals surface area contributed by atoms with E-state index in [1.165, 1.54) is 25.7 Å². The van der Waals surface area contributed by atoms with Crippen LogP contribution >= 0.6 is 27.3 Å². The number of halogens is 1. The van der Waals surface area contributed by atoms with Gasteiger partial charge in [-0.1, -0.05) is 22.9 Å². The molecule has 0 spiro atoms. The van der Waals surface area contributed by atoms with Gasteiger partial charge in [0.15, 0.2) is 0 Å². The number of rotatable bonds is 1. The molecule has 0 saturated heterocycles. The zero-order valence-electron chi connectivity index (χ0n) is 7.73. The van der Waals surface area contributed by atoms with Gasteiger partial charge in [-0.25, -0.2) is 0 Å². The molecule has 0 atom stereocenters. The molecule has 0 saturated carbocycles. The average Bonchev–Trinajstić information content (AvgIpc) is 2.47. The van der Waals surface area contributed by atoms with Crippen molar-refractivity contribution in [2.45, 2.75) is 20.3 Å². The maximum Gasteiger partial charge on any atom is 0.0359 e. The fraction of sp³-hybridized carbons (Fsp3) is 0.273. The lowest BCUT2D eigenvalue weighted by Crippen LogP contribution is -1.80. The Kier molecular flexibility index (Phi) is 2.43. The van der Waals surface area contributed by atoms with Crippen molar-refractivity contribution in [1.29, 1.82) is 0 Å². The van der Waals surface area contributed by atoms with Gasteiger partial charge in [0.25, 0.3) is 0 Å². The second kappa shape index (κ2) is 3.43. The first-order valence-corrected chi connectivity index (χ1v) is 6.06. The highest BCUT2D eigenvalue weighted by atomic mass is 79.9. The van der Waals surface area contributed by atoms with Gasteiger partial charge in [0.05, 0.1) is 0 Å². The molecule has 0 unspecified atom stereocenters. The lowest BCUT2D eigenvalue weighted by Gasteiger charge is -2.00. The first-order valence-electron chi connectivity index (χ1n) is 4.38. The van der Waals surface area contributed by atoms with Crippen molar-refractivity contribution < 1.29 is 0 Å². The molecule has 0 fully saturated rings. The molecule has 68 valence electrons. The third-order valence-electron chi connectivity index (χ3n) is 2.29. The molecule has 0 radical (unpaired) electrons. The van der Waals surface area contributed by atoms with Crippen molar-refractivity contribution in [2.75, 3.05) is 0 Å². The zero-order chi connectivity index (χ0) is 9.42. The number of hydrogen-bond donors (Lipinski definition) is 0. The van der Waals surface area contributed by atoms with E-state index in [9.17, 15) is 0 Å². The van der Waals surface area contributed by atoms with Crippen LogP contribution in [0.25, 0.3) is 10.1 Å². The normalized spacial score (nSPS) is 11.0. The summed E-state index contributed by atoms with van der Waals surface area (Å²) in [5.74, 6) is 0. The third-order valence-corrected chi connectivity index (χ3v) is 3.73. The number of aryl methyl sites for hydroxylation is 2. The minimum Gasteiger partial charge on any atom is -0.143 e. The summed E-state index contributed by atoms with van der Waals surface area (Å²) in [5, 5.41) is 3.72. The topological polar surface area (TPSA) is 0 Å². The summed E-state index contributed by atoms with van der Waals surface area (Å²) in [5.41, 5.74) is 2.85. The van der Waals surface area contributed by atoms with E-state index in [2.05, 4.69) is 47.3 Å². The molecule has 0 nitrogen and oxygen atoms in total. The molecule has 0 aliphatic heterocycles. The Morgan fingerprint density at radius 1 is 1.38 bits per heavy atom. The SMILES string of the molecule is CCc1csc2cc(Br)cc(C)c12. The Bertz CT molecular complexity index is 443. The van der Waals surface area contributed by atoms with Crippen molar-refractivity contribution in [3.8, 4) is 0 Å². The summed E-state index contributed by atoms with van der Waals surface area (Å²) in [6, 6.07) is 4.39. The quantitative estimate of drug-likeness (QED) is 0.702. The van der Waals surface area contributed by atoms with Crippen LogP contribution in [-0.2, 0) is 6.42 Å². The molecule has 2 rings (SSSR count). The molecular formula is C11H11BrS. The van der Waals surface area contributed by atoms with E-state index in [1.54, 1.807) is 0 Å². The fourth-order valence-corrected chi connectivity index (χ4v) is 3.55. The van der Waals surface area contributed by atoms with Gasteiger partial charge in [-0.15, -0.1) is 11.3 Å². The second-order valence-electron chi connectivity index (χ2n) is 3.21. The molecular weight excluding hydrogens is 244 g/mol. The predicted molar refractivity (Wildman–Crippen MR) is 63.6 cm³/mol. The molecule has 1 heterocycles. The monoisotopic (exact) mass is 254 g/mol. The number of hydrogen-bond acceptors (Lipinski definition) is 1. The lowest BCUT2D eigenvalue weighted by molar-refractivity contribution is 1.17. The van der Waals surface area contributed by atoms with Crippen LogP contribution in [0.15, 0.2) is 22.0 Å². The molecule has 1 aromatic carbocycles. The first-order chi connectivity index (χ1) is 6.22.